The summed E-state index contributed by atoms with van der Waals surface area (Å²) >= 11 is 0. The van der Waals surface area contributed by atoms with Gasteiger partial charge in [0.1, 0.15) is 0 Å². The van der Waals surface area contributed by atoms with Crippen molar-refractivity contribution < 1.29 is 19.9 Å². The Hall–Kier alpha value is -1.95. The molecule has 1 atom stereocenters. The van der Waals surface area contributed by atoms with Crippen LogP contribution in [-0.4, -0.2) is 22.1 Å². The number of aliphatic carboxylic acids is 1. The third kappa shape index (κ3) is 4.60. The zero-order valence-electron chi connectivity index (χ0n) is 9.04. The van der Waals surface area contributed by atoms with E-state index in [1.54, 1.807) is 12.1 Å². The monoisotopic (exact) mass is 238 g/mol. The van der Waals surface area contributed by atoms with Gasteiger partial charge in [0.15, 0.2) is 0 Å². The van der Waals surface area contributed by atoms with Gasteiger partial charge >= 0.3 is 0 Å². The van der Waals surface area contributed by atoms with Crippen LogP contribution in [0.2, 0.25) is 0 Å². The molecular formula is C11H12NO5-. The van der Waals surface area contributed by atoms with Gasteiger partial charge in [0.25, 0.3) is 5.69 Å². The standard InChI is InChI=1S/C11H13NO5/c13-10(7-11(14)15)6-3-8-1-4-9(5-2-8)12(16)17/h1-2,4-5,10,13H,3,6-7H2,(H,14,15)/p-1. The Morgan fingerprint density at radius 1 is 1.35 bits per heavy atom. The highest BCUT2D eigenvalue weighted by Gasteiger charge is 2.07. The van der Waals surface area contributed by atoms with Crippen molar-refractivity contribution in [1.29, 1.82) is 0 Å². The maximum absolute atomic E-state index is 10.4. The number of hydrogen-bond donors (Lipinski definition) is 1. The molecule has 0 aliphatic heterocycles. The second-order valence-corrected chi connectivity index (χ2v) is 3.69. The van der Waals surface area contributed by atoms with Crippen molar-refractivity contribution in [2.75, 3.05) is 0 Å². The fourth-order valence-corrected chi connectivity index (χ4v) is 1.41. The average Bonchev–Trinajstić information content (AvgIpc) is 2.26. The maximum Gasteiger partial charge on any atom is 0.269 e. The highest BCUT2D eigenvalue weighted by atomic mass is 16.6. The summed E-state index contributed by atoms with van der Waals surface area (Å²) < 4.78 is 0. The van der Waals surface area contributed by atoms with Gasteiger partial charge < -0.3 is 15.0 Å². The third-order valence-corrected chi connectivity index (χ3v) is 2.32. The molecule has 0 bridgehead atoms. The number of nitro groups is 1. The summed E-state index contributed by atoms with van der Waals surface area (Å²) in [5, 5.41) is 29.9. The Kier molecular flexibility index (Phi) is 4.59. The Morgan fingerprint density at radius 2 is 1.94 bits per heavy atom. The molecule has 92 valence electrons. The van der Waals surface area contributed by atoms with Gasteiger partial charge in [0, 0.05) is 24.5 Å². The number of benzene rings is 1. The van der Waals surface area contributed by atoms with Crippen LogP contribution in [0.25, 0.3) is 0 Å². The molecule has 1 aromatic rings. The first-order valence-electron chi connectivity index (χ1n) is 5.10. The van der Waals surface area contributed by atoms with Crippen LogP contribution in [0.4, 0.5) is 5.69 Å². The Balaban J connectivity index is 2.47. The lowest BCUT2D eigenvalue weighted by molar-refractivity contribution is -0.384. The van der Waals surface area contributed by atoms with Gasteiger partial charge in [0.05, 0.1) is 11.0 Å². The molecule has 1 N–H and O–H groups in total. The van der Waals surface area contributed by atoms with Crippen LogP contribution in [0.3, 0.4) is 0 Å². The number of carboxylic acid groups (broad SMARTS) is 1. The number of carboxylic acids is 1. The maximum atomic E-state index is 10.4. The molecule has 0 heterocycles. The van der Waals surface area contributed by atoms with E-state index in [2.05, 4.69) is 0 Å². The second-order valence-electron chi connectivity index (χ2n) is 3.69. The highest BCUT2D eigenvalue weighted by molar-refractivity contribution is 5.64. The van der Waals surface area contributed by atoms with Crippen molar-refractivity contribution in [1.82, 2.24) is 0 Å². The van der Waals surface area contributed by atoms with Crippen LogP contribution < -0.4 is 5.11 Å². The van der Waals surface area contributed by atoms with Gasteiger partial charge in [-0.2, -0.15) is 0 Å². The number of nitro benzene ring substituents is 1. The van der Waals surface area contributed by atoms with E-state index in [4.69, 9.17) is 0 Å². The van der Waals surface area contributed by atoms with Crippen LogP contribution in [0.1, 0.15) is 18.4 Å². The van der Waals surface area contributed by atoms with E-state index in [0.29, 0.717) is 6.42 Å². The first-order valence-corrected chi connectivity index (χ1v) is 5.10. The SMILES string of the molecule is O=C([O-])CC(O)CCc1ccc([N+](=O)[O-])cc1. The molecule has 6 nitrogen and oxygen atoms in total. The largest absolute Gasteiger partial charge is 0.550 e. The number of rotatable bonds is 6. The number of aliphatic hydroxyl groups is 1. The quantitative estimate of drug-likeness (QED) is 0.556. The minimum absolute atomic E-state index is 0.00374. The minimum Gasteiger partial charge on any atom is -0.550 e. The van der Waals surface area contributed by atoms with Crippen LogP contribution >= 0.6 is 0 Å². The van der Waals surface area contributed by atoms with E-state index in [1.807, 2.05) is 0 Å². The van der Waals surface area contributed by atoms with Crippen molar-refractivity contribution >= 4 is 11.7 Å². The Bertz CT molecular complexity index is 401. The predicted molar refractivity (Wildman–Crippen MR) is 57.0 cm³/mol. The van der Waals surface area contributed by atoms with E-state index in [9.17, 15) is 25.1 Å². The van der Waals surface area contributed by atoms with E-state index in [1.165, 1.54) is 12.1 Å². The minimum atomic E-state index is -1.29. The van der Waals surface area contributed by atoms with E-state index in [-0.39, 0.29) is 12.1 Å². The lowest BCUT2D eigenvalue weighted by Gasteiger charge is -2.10. The van der Waals surface area contributed by atoms with Crippen LogP contribution in [0.15, 0.2) is 24.3 Å². The number of carbonyl (C=O) groups excluding carboxylic acids is 1. The molecule has 17 heavy (non-hydrogen) atoms. The summed E-state index contributed by atoms with van der Waals surface area (Å²) in [7, 11) is 0. The fourth-order valence-electron chi connectivity index (χ4n) is 1.41. The van der Waals surface area contributed by atoms with Crippen molar-refractivity contribution in [3.63, 3.8) is 0 Å². The van der Waals surface area contributed by atoms with E-state index < -0.39 is 23.4 Å². The number of nitrogens with zero attached hydrogens (tertiary/aromatic N) is 1. The number of hydrogen-bond acceptors (Lipinski definition) is 5. The van der Waals surface area contributed by atoms with Crippen LogP contribution in [0, 0.1) is 10.1 Å². The summed E-state index contributed by atoms with van der Waals surface area (Å²) in [5.41, 5.74) is 0.817. The molecule has 1 unspecified atom stereocenters. The predicted octanol–water partition coefficient (Wildman–Crippen LogP) is 0.0283. The van der Waals surface area contributed by atoms with Gasteiger partial charge in [-0.3, -0.25) is 10.1 Å². The van der Waals surface area contributed by atoms with Crippen molar-refractivity contribution in [3.8, 4) is 0 Å². The smallest absolute Gasteiger partial charge is 0.269 e. The Labute approximate surface area is 97.7 Å². The number of aryl methyl sites for hydroxylation is 1. The summed E-state index contributed by atoms with van der Waals surface area (Å²) in [5.74, 6) is -1.29. The zero-order chi connectivity index (χ0) is 12.8. The number of non-ortho nitro benzene ring substituents is 1. The molecule has 0 aromatic heterocycles. The molecule has 0 saturated heterocycles. The molecular weight excluding hydrogens is 226 g/mol. The third-order valence-electron chi connectivity index (χ3n) is 2.32. The molecule has 0 amide bonds. The molecule has 0 fully saturated rings. The molecule has 0 saturated carbocycles. The zero-order valence-corrected chi connectivity index (χ0v) is 9.04. The van der Waals surface area contributed by atoms with Crippen molar-refractivity contribution in [3.05, 3.63) is 39.9 Å². The van der Waals surface area contributed by atoms with Crippen LogP contribution in [-0.2, 0) is 11.2 Å². The first-order chi connectivity index (χ1) is 7.99. The number of carbonyl (C=O) groups is 1. The summed E-state index contributed by atoms with van der Waals surface area (Å²) in [6.07, 6.45) is -0.597. The first kappa shape index (κ1) is 13.1. The average molecular weight is 238 g/mol. The van der Waals surface area contributed by atoms with Gasteiger partial charge in [0.2, 0.25) is 0 Å². The van der Waals surface area contributed by atoms with E-state index >= 15 is 0 Å². The normalized spacial score (nSPS) is 12.1. The molecule has 6 heteroatoms. The van der Waals surface area contributed by atoms with Gasteiger partial charge in [-0.1, -0.05) is 12.1 Å². The van der Waals surface area contributed by atoms with Crippen molar-refractivity contribution in [2.45, 2.75) is 25.4 Å². The second kappa shape index (κ2) is 5.95. The van der Waals surface area contributed by atoms with Gasteiger partial charge in [-0.25, -0.2) is 0 Å². The lowest BCUT2D eigenvalue weighted by atomic mass is 10.0. The molecule has 0 aliphatic rings. The topological polar surface area (TPSA) is 104 Å². The molecule has 0 aliphatic carbocycles. The lowest BCUT2D eigenvalue weighted by Crippen LogP contribution is -2.27. The molecule has 0 spiro atoms. The highest BCUT2D eigenvalue weighted by Crippen LogP contribution is 2.14. The number of aliphatic hydroxyl groups excluding tert-OH is 1. The molecule has 1 aromatic carbocycles. The summed E-state index contributed by atoms with van der Waals surface area (Å²) in [6.45, 7) is 0. The van der Waals surface area contributed by atoms with Gasteiger partial charge in [-0.15, -0.1) is 0 Å². The van der Waals surface area contributed by atoms with E-state index in [0.717, 1.165) is 5.56 Å². The fraction of sp³-hybridized carbons (Fsp3) is 0.364. The Morgan fingerprint density at radius 3 is 2.41 bits per heavy atom. The summed E-state index contributed by atoms with van der Waals surface area (Å²) in [6, 6.07) is 5.93. The summed E-state index contributed by atoms with van der Waals surface area (Å²) in [4.78, 5) is 20.1. The van der Waals surface area contributed by atoms with Crippen molar-refractivity contribution in [2.24, 2.45) is 0 Å². The molecule has 1 rings (SSSR count). The molecule has 0 radical (unpaired) electrons. The van der Waals surface area contributed by atoms with Gasteiger partial charge in [-0.05, 0) is 18.4 Å². The van der Waals surface area contributed by atoms with Crippen LogP contribution in [0.5, 0.6) is 0 Å².